The molecule has 0 bridgehead atoms. The second-order valence-electron chi connectivity index (χ2n) is 7.80. The standard InChI is InChI=1S/C23H41N5O3.HI/c1-8-27(9-2)18(3)16-25-23(24-4)28-12-10-26(11-13-28)17-19-14-20(29-5)22(31-7)21(15-19)30-6;/h14-15,18H,8-13,16-17H2,1-7H3,(H,24,25);1H. The molecule has 9 heteroatoms. The molecule has 0 aliphatic carbocycles. The molecule has 8 nitrogen and oxygen atoms in total. The van der Waals surface area contributed by atoms with Crippen molar-refractivity contribution in [3.05, 3.63) is 17.7 Å². The van der Waals surface area contributed by atoms with Gasteiger partial charge in [0.15, 0.2) is 17.5 Å². The molecule has 0 aromatic heterocycles. The van der Waals surface area contributed by atoms with Crippen molar-refractivity contribution in [2.75, 3.05) is 74.2 Å². The van der Waals surface area contributed by atoms with E-state index < -0.39 is 0 Å². The van der Waals surface area contributed by atoms with Gasteiger partial charge >= 0.3 is 0 Å². The molecule has 0 radical (unpaired) electrons. The third kappa shape index (κ3) is 7.55. The van der Waals surface area contributed by atoms with Gasteiger partial charge in [-0.2, -0.15) is 0 Å². The van der Waals surface area contributed by atoms with E-state index >= 15 is 0 Å². The van der Waals surface area contributed by atoms with Crippen molar-refractivity contribution in [2.45, 2.75) is 33.4 Å². The lowest BCUT2D eigenvalue weighted by Gasteiger charge is -2.37. The highest BCUT2D eigenvalue weighted by atomic mass is 127. The fraction of sp³-hybridized carbons (Fsp3) is 0.696. The number of hydrogen-bond acceptors (Lipinski definition) is 6. The summed E-state index contributed by atoms with van der Waals surface area (Å²) in [7, 11) is 6.80. The molecular weight excluding hydrogens is 521 g/mol. The average Bonchev–Trinajstić information content (AvgIpc) is 2.80. The van der Waals surface area contributed by atoms with Gasteiger partial charge in [0.05, 0.1) is 21.3 Å². The van der Waals surface area contributed by atoms with Crippen molar-refractivity contribution >= 4 is 29.9 Å². The van der Waals surface area contributed by atoms with Crippen LogP contribution in [0.5, 0.6) is 17.2 Å². The van der Waals surface area contributed by atoms with E-state index in [2.05, 4.69) is 45.8 Å². The second-order valence-corrected chi connectivity index (χ2v) is 7.80. The van der Waals surface area contributed by atoms with Crippen molar-refractivity contribution in [3.8, 4) is 17.2 Å². The molecule has 2 rings (SSSR count). The number of rotatable bonds is 10. The fourth-order valence-corrected chi connectivity index (χ4v) is 4.15. The molecule has 0 spiro atoms. The molecule has 1 heterocycles. The highest BCUT2D eigenvalue weighted by Crippen LogP contribution is 2.38. The normalized spacial score (nSPS) is 15.9. The summed E-state index contributed by atoms with van der Waals surface area (Å²) in [6, 6.07) is 4.54. The summed E-state index contributed by atoms with van der Waals surface area (Å²) in [5.41, 5.74) is 1.15. The van der Waals surface area contributed by atoms with E-state index in [1.54, 1.807) is 21.3 Å². The van der Waals surface area contributed by atoms with E-state index in [0.717, 1.165) is 63.9 Å². The van der Waals surface area contributed by atoms with Crippen LogP contribution in [0.1, 0.15) is 26.3 Å². The minimum Gasteiger partial charge on any atom is -0.493 e. The van der Waals surface area contributed by atoms with Crippen molar-refractivity contribution in [3.63, 3.8) is 0 Å². The maximum Gasteiger partial charge on any atom is 0.203 e. The van der Waals surface area contributed by atoms with Gasteiger partial charge in [-0.05, 0) is 37.7 Å². The topological polar surface area (TPSA) is 61.8 Å². The summed E-state index contributed by atoms with van der Waals surface area (Å²) in [6.07, 6.45) is 0. The van der Waals surface area contributed by atoms with Crippen LogP contribution in [-0.4, -0.2) is 101 Å². The van der Waals surface area contributed by atoms with Gasteiger partial charge in [-0.3, -0.25) is 14.8 Å². The van der Waals surface area contributed by atoms with E-state index in [1.807, 2.05) is 19.2 Å². The molecular formula is C23H42IN5O3. The molecule has 1 N–H and O–H groups in total. The zero-order valence-corrected chi connectivity index (χ0v) is 23.1. The zero-order valence-electron chi connectivity index (χ0n) is 20.8. The van der Waals surface area contributed by atoms with Crippen molar-refractivity contribution in [1.82, 2.24) is 20.0 Å². The van der Waals surface area contributed by atoms with E-state index in [0.29, 0.717) is 23.3 Å². The quantitative estimate of drug-likeness (QED) is 0.267. The first-order chi connectivity index (χ1) is 15.0. The minimum absolute atomic E-state index is 0. The van der Waals surface area contributed by atoms with Crippen LogP contribution < -0.4 is 19.5 Å². The number of nitrogens with zero attached hydrogens (tertiary/aromatic N) is 4. The largest absolute Gasteiger partial charge is 0.493 e. The second kappa shape index (κ2) is 14.6. The summed E-state index contributed by atoms with van der Waals surface area (Å²) >= 11 is 0. The summed E-state index contributed by atoms with van der Waals surface area (Å²) in [4.78, 5) is 11.8. The predicted octanol–water partition coefficient (Wildman–Crippen LogP) is 2.75. The summed E-state index contributed by atoms with van der Waals surface area (Å²) in [5.74, 6) is 3.02. The maximum atomic E-state index is 5.49. The number of aliphatic imine (C=N–C) groups is 1. The van der Waals surface area contributed by atoms with Gasteiger partial charge in [0.25, 0.3) is 0 Å². The highest BCUT2D eigenvalue weighted by molar-refractivity contribution is 14.0. The van der Waals surface area contributed by atoms with E-state index in [9.17, 15) is 0 Å². The number of guanidine groups is 1. The Morgan fingerprint density at radius 1 is 1.03 bits per heavy atom. The molecule has 1 aromatic rings. The lowest BCUT2D eigenvalue weighted by molar-refractivity contribution is 0.170. The Kier molecular flexibility index (Phi) is 13.1. The average molecular weight is 564 g/mol. The van der Waals surface area contributed by atoms with Crippen molar-refractivity contribution in [2.24, 2.45) is 4.99 Å². The van der Waals surface area contributed by atoms with Crippen LogP contribution in [0.15, 0.2) is 17.1 Å². The third-order valence-electron chi connectivity index (χ3n) is 6.01. The molecule has 1 unspecified atom stereocenters. The summed E-state index contributed by atoms with van der Waals surface area (Å²) in [5, 5.41) is 3.56. The molecule has 1 fully saturated rings. The number of nitrogens with one attached hydrogen (secondary N) is 1. The number of piperazine rings is 1. The molecule has 1 aliphatic heterocycles. The Balaban J connectivity index is 0.00000512. The SMILES string of the molecule is CCN(CC)C(C)CNC(=NC)N1CCN(Cc2cc(OC)c(OC)c(OC)c2)CC1.I. The van der Waals surface area contributed by atoms with Crippen LogP contribution in [0.25, 0.3) is 0 Å². The van der Waals surface area contributed by atoms with Gasteiger partial charge in [0.2, 0.25) is 5.75 Å². The van der Waals surface area contributed by atoms with Crippen LogP contribution in [-0.2, 0) is 6.54 Å². The van der Waals surface area contributed by atoms with Crippen LogP contribution in [0, 0.1) is 0 Å². The molecule has 1 saturated heterocycles. The molecule has 1 aromatic carbocycles. The number of ether oxygens (including phenoxy) is 3. The third-order valence-corrected chi connectivity index (χ3v) is 6.01. The molecule has 1 aliphatic rings. The van der Waals surface area contributed by atoms with Crippen LogP contribution in [0.4, 0.5) is 0 Å². The van der Waals surface area contributed by atoms with E-state index in [1.165, 1.54) is 0 Å². The predicted molar refractivity (Wildman–Crippen MR) is 142 cm³/mol. The monoisotopic (exact) mass is 563 g/mol. The highest BCUT2D eigenvalue weighted by Gasteiger charge is 2.22. The molecule has 184 valence electrons. The molecule has 1 atom stereocenters. The minimum atomic E-state index is 0. The number of hydrogen-bond donors (Lipinski definition) is 1. The number of methoxy groups -OCH3 is 3. The molecule has 0 amide bonds. The lowest BCUT2D eigenvalue weighted by atomic mass is 10.1. The number of likely N-dealkylation sites (N-methyl/N-ethyl adjacent to an activating group) is 1. The Hall–Kier alpha value is -1.46. The van der Waals surface area contributed by atoms with Crippen LogP contribution >= 0.6 is 24.0 Å². The lowest BCUT2D eigenvalue weighted by Crippen LogP contribution is -2.53. The number of halogens is 1. The van der Waals surface area contributed by atoms with Crippen LogP contribution in [0.2, 0.25) is 0 Å². The van der Waals surface area contributed by atoms with Gasteiger partial charge < -0.3 is 24.4 Å². The Bertz CT molecular complexity index is 682. The van der Waals surface area contributed by atoms with Gasteiger partial charge in [-0.25, -0.2) is 0 Å². The van der Waals surface area contributed by atoms with Gasteiger partial charge in [0.1, 0.15) is 0 Å². The smallest absolute Gasteiger partial charge is 0.203 e. The Morgan fingerprint density at radius 3 is 2.03 bits per heavy atom. The van der Waals surface area contributed by atoms with E-state index in [-0.39, 0.29) is 24.0 Å². The van der Waals surface area contributed by atoms with E-state index in [4.69, 9.17) is 14.2 Å². The van der Waals surface area contributed by atoms with Gasteiger partial charge in [-0.1, -0.05) is 13.8 Å². The molecule has 0 saturated carbocycles. The molecule has 32 heavy (non-hydrogen) atoms. The van der Waals surface area contributed by atoms with Crippen molar-refractivity contribution < 1.29 is 14.2 Å². The summed E-state index contributed by atoms with van der Waals surface area (Å²) < 4.78 is 16.4. The fourth-order valence-electron chi connectivity index (χ4n) is 4.15. The maximum absolute atomic E-state index is 5.49. The van der Waals surface area contributed by atoms with Crippen molar-refractivity contribution in [1.29, 1.82) is 0 Å². The van der Waals surface area contributed by atoms with Crippen LogP contribution in [0.3, 0.4) is 0 Å². The zero-order chi connectivity index (χ0) is 22.8. The van der Waals surface area contributed by atoms with Gasteiger partial charge in [-0.15, -0.1) is 24.0 Å². The first-order valence-corrected chi connectivity index (χ1v) is 11.2. The first kappa shape index (κ1) is 28.6. The first-order valence-electron chi connectivity index (χ1n) is 11.2. The number of benzene rings is 1. The Labute approximate surface area is 211 Å². The summed E-state index contributed by atoms with van der Waals surface area (Å²) in [6.45, 7) is 14.4. The Morgan fingerprint density at radius 2 is 1.59 bits per heavy atom. The van der Waals surface area contributed by atoms with Gasteiger partial charge in [0, 0.05) is 52.4 Å².